The molecule has 0 bridgehead atoms. The minimum atomic E-state index is -0.253. The van der Waals surface area contributed by atoms with Crippen LogP contribution < -0.4 is 20.3 Å². The van der Waals surface area contributed by atoms with Crippen molar-refractivity contribution < 1.29 is 14.3 Å². The number of carbonyl (C=O) groups is 1. The lowest BCUT2D eigenvalue weighted by atomic mass is 10.1. The number of carbonyl (C=O) groups excluding carboxylic acids is 1. The van der Waals surface area contributed by atoms with Crippen LogP contribution in [0.15, 0.2) is 52.4 Å². The average molecular weight is 501 g/mol. The van der Waals surface area contributed by atoms with Crippen molar-refractivity contribution in [3.8, 4) is 11.5 Å². The van der Waals surface area contributed by atoms with Gasteiger partial charge in [-0.25, -0.2) is 4.98 Å². The lowest BCUT2D eigenvalue weighted by Gasteiger charge is -2.27. The molecule has 2 heterocycles. The molecule has 2 aromatic carbocycles. The van der Waals surface area contributed by atoms with Gasteiger partial charge >= 0.3 is 0 Å². The van der Waals surface area contributed by atoms with Crippen LogP contribution in [-0.2, 0) is 24.3 Å². The van der Waals surface area contributed by atoms with Crippen molar-refractivity contribution in [3.63, 3.8) is 0 Å². The Hall–Kier alpha value is -3.01. The topological polar surface area (TPSA) is 96.5 Å². The number of H-pyrrole nitrogens is 1. The summed E-state index contributed by atoms with van der Waals surface area (Å²) in [5, 5.41) is 3.70. The molecule has 8 nitrogen and oxygen atoms in total. The molecule has 1 amide bonds. The highest BCUT2D eigenvalue weighted by atomic mass is 35.5. The number of ether oxygens (including phenoxy) is 2. The molecule has 0 radical (unpaired) electrons. The summed E-state index contributed by atoms with van der Waals surface area (Å²) < 4.78 is 10.5. The van der Waals surface area contributed by atoms with Gasteiger partial charge in [-0.2, -0.15) is 0 Å². The van der Waals surface area contributed by atoms with Gasteiger partial charge in [-0.3, -0.25) is 14.5 Å². The van der Waals surface area contributed by atoms with Crippen molar-refractivity contribution in [1.29, 1.82) is 0 Å². The molecule has 0 saturated heterocycles. The van der Waals surface area contributed by atoms with Crippen molar-refractivity contribution >= 4 is 35.0 Å². The first-order valence-corrected chi connectivity index (χ1v) is 12.0. The summed E-state index contributed by atoms with van der Waals surface area (Å²) in [4.78, 5) is 34.8. The third-order valence-corrected chi connectivity index (χ3v) is 6.58. The molecule has 0 saturated carbocycles. The Morgan fingerprint density at radius 2 is 2.00 bits per heavy atom. The fourth-order valence-corrected chi connectivity index (χ4v) is 4.60. The number of nitrogens with one attached hydrogen (secondary N) is 2. The van der Waals surface area contributed by atoms with E-state index in [0.717, 1.165) is 30.1 Å². The molecule has 178 valence electrons. The Bertz CT molecular complexity index is 1230. The molecular weight excluding hydrogens is 476 g/mol. The fourth-order valence-electron chi connectivity index (χ4n) is 3.75. The highest BCUT2D eigenvalue weighted by Crippen LogP contribution is 2.28. The van der Waals surface area contributed by atoms with Gasteiger partial charge in [-0.15, -0.1) is 0 Å². The SMILES string of the molecule is COc1ccc(CN2CCc3nc(SCC(=O)Nc4cc(Cl)ccc4OC)[nH]c(=O)c3C2)cc1. The number of thioether (sulfide) groups is 1. The van der Waals surface area contributed by atoms with Crippen LogP contribution >= 0.6 is 23.4 Å². The standard InChI is InChI=1S/C24H25ClN4O4S/c1-32-17-6-3-15(4-7-17)12-29-10-9-19-18(13-29)23(31)28-24(27-19)34-14-22(30)26-20-11-16(25)5-8-21(20)33-2/h3-8,11H,9-10,12-14H2,1-2H3,(H,26,30)(H,27,28,31). The second kappa shape index (κ2) is 10.9. The molecule has 0 spiro atoms. The molecule has 2 N–H and O–H groups in total. The Morgan fingerprint density at radius 1 is 1.21 bits per heavy atom. The molecule has 4 rings (SSSR count). The lowest BCUT2D eigenvalue weighted by Crippen LogP contribution is -2.35. The summed E-state index contributed by atoms with van der Waals surface area (Å²) in [5.41, 5.74) is 2.95. The highest BCUT2D eigenvalue weighted by molar-refractivity contribution is 7.99. The third kappa shape index (κ3) is 5.91. The summed E-state index contributed by atoms with van der Waals surface area (Å²) in [6.07, 6.45) is 0.675. The van der Waals surface area contributed by atoms with E-state index in [-0.39, 0.29) is 17.2 Å². The van der Waals surface area contributed by atoms with E-state index >= 15 is 0 Å². The molecule has 34 heavy (non-hydrogen) atoms. The third-order valence-electron chi connectivity index (χ3n) is 5.47. The molecule has 0 atom stereocenters. The van der Waals surface area contributed by atoms with Crippen LogP contribution in [0, 0.1) is 0 Å². The number of aromatic nitrogens is 2. The van der Waals surface area contributed by atoms with Crippen molar-refractivity contribution in [1.82, 2.24) is 14.9 Å². The van der Waals surface area contributed by atoms with Gasteiger partial charge in [0.15, 0.2) is 5.16 Å². The Kier molecular flexibility index (Phi) is 7.77. The molecule has 3 aromatic rings. The number of halogens is 1. The van der Waals surface area contributed by atoms with Crippen LogP contribution in [0.25, 0.3) is 0 Å². The zero-order valence-electron chi connectivity index (χ0n) is 18.9. The van der Waals surface area contributed by atoms with Crippen molar-refractivity contribution in [3.05, 3.63) is 74.7 Å². The van der Waals surface area contributed by atoms with Crippen LogP contribution in [-0.4, -0.2) is 47.3 Å². The summed E-state index contributed by atoms with van der Waals surface area (Å²) >= 11 is 7.19. The van der Waals surface area contributed by atoms with Gasteiger partial charge in [-0.05, 0) is 35.9 Å². The van der Waals surface area contributed by atoms with Gasteiger partial charge in [0.25, 0.3) is 5.56 Å². The minimum Gasteiger partial charge on any atom is -0.497 e. The van der Waals surface area contributed by atoms with Gasteiger partial charge in [0.2, 0.25) is 5.91 Å². The van der Waals surface area contributed by atoms with Gasteiger partial charge in [-0.1, -0.05) is 35.5 Å². The van der Waals surface area contributed by atoms with Crippen LogP contribution in [0.5, 0.6) is 11.5 Å². The normalized spacial score (nSPS) is 13.3. The number of anilines is 1. The van der Waals surface area contributed by atoms with Crippen LogP contribution in [0.1, 0.15) is 16.8 Å². The Balaban J connectivity index is 1.37. The first-order chi connectivity index (χ1) is 16.4. The minimum absolute atomic E-state index is 0.0843. The van der Waals surface area contributed by atoms with Crippen molar-refractivity contribution in [2.24, 2.45) is 0 Å². The van der Waals surface area contributed by atoms with E-state index in [2.05, 4.69) is 20.2 Å². The Morgan fingerprint density at radius 3 is 2.74 bits per heavy atom. The number of methoxy groups -OCH3 is 2. The van der Waals surface area contributed by atoms with Gasteiger partial charge in [0.05, 0.1) is 36.9 Å². The van der Waals surface area contributed by atoms with Crippen LogP contribution in [0.3, 0.4) is 0 Å². The summed E-state index contributed by atoms with van der Waals surface area (Å²) in [7, 11) is 3.17. The van der Waals surface area contributed by atoms with E-state index in [1.54, 1.807) is 25.3 Å². The zero-order valence-corrected chi connectivity index (χ0v) is 20.5. The maximum absolute atomic E-state index is 12.7. The molecule has 1 aliphatic rings. The number of benzene rings is 2. The van der Waals surface area contributed by atoms with Gasteiger partial charge < -0.3 is 19.8 Å². The van der Waals surface area contributed by atoms with Gasteiger partial charge in [0.1, 0.15) is 11.5 Å². The Labute approximate surface area is 206 Å². The number of fused-ring (bicyclic) bond motifs is 1. The van der Waals surface area contributed by atoms with Crippen molar-refractivity contribution in [2.45, 2.75) is 24.7 Å². The maximum atomic E-state index is 12.7. The molecule has 10 heteroatoms. The molecule has 0 aliphatic carbocycles. The molecule has 1 aromatic heterocycles. The second-order valence-electron chi connectivity index (χ2n) is 7.79. The highest BCUT2D eigenvalue weighted by Gasteiger charge is 2.22. The van der Waals surface area contributed by atoms with E-state index in [0.29, 0.717) is 40.1 Å². The molecule has 0 fully saturated rings. The van der Waals surface area contributed by atoms with E-state index in [1.807, 2.05) is 24.3 Å². The first kappa shape index (κ1) is 24.1. The van der Waals surface area contributed by atoms with Crippen LogP contribution in [0.4, 0.5) is 5.69 Å². The molecular formula is C24H25ClN4O4S. The first-order valence-electron chi connectivity index (χ1n) is 10.7. The predicted molar refractivity (Wildman–Crippen MR) is 133 cm³/mol. The lowest BCUT2D eigenvalue weighted by molar-refractivity contribution is -0.113. The van der Waals surface area contributed by atoms with E-state index in [1.165, 1.54) is 18.9 Å². The number of amides is 1. The molecule has 0 unspecified atom stereocenters. The number of nitrogens with zero attached hydrogens (tertiary/aromatic N) is 2. The zero-order chi connectivity index (χ0) is 24.1. The van der Waals surface area contributed by atoms with Crippen molar-refractivity contribution in [2.75, 3.05) is 31.8 Å². The number of aromatic amines is 1. The number of hydrogen-bond donors (Lipinski definition) is 2. The van der Waals surface area contributed by atoms with E-state index in [4.69, 9.17) is 21.1 Å². The average Bonchev–Trinajstić information content (AvgIpc) is 2.84. The smallest absolute Gasteiger partial charge is 0.256 e. The predicted octanol–water partition coefficient (Wildman–Crippen LogP) is 3.73. The monoisotopic (exact) mass is 500 g/mol. The summed E-state index contributed by atoms with van der Waals surface area (Å²) in [6.45, 7) is 2.07. The van der Waals surface area contributed by atoms with E-state index < -0.39 is 0 Å². The second-order valence-corrected chi connectivity index (χ2v) is 9.19. The number of hydrogen-bond acceptors (Lipinski definition) is 7. The largest absolute Gasteiger partial charge is 0.497 e. The number of rotatable bonds is 8. The molecule has 1 aliphatic heterocycles. The summed E-state index contributed by atoms with van der Waals surface area (Å²) in [5.74, 6) is 1.17. The van der Waals surface area contributed by atoms with Gasteiger partial charge in [0, 0.05) is 31.1 Å². The maximum Gasteiger partial charge on any atom is 0.256 e. The van der Waals surface area contributed by atoms with E-state index in [9.17, 15) is 9.59 Å². The van der Waals surface area contributed by atoms with Crippen LogP contribution in [0.2, 0.25) is 5.02 Å². The summed E-state index contributed by atoms with van der Waals surface area (Å²) in [6, 6.07) is 12.9. The quantitative estimate of drug-likeness (QED) is 0.359. The fraction of sp³-hybridized carbons (Fsp3) is 0.292.